The van der Waals surface area contributed by atoms with E-state index in [1.54, 1.807) is 47.9 Å². The molecule has 0 unspecified atom stereocenters. The summed E-state index contributed by atoms with van der Waals surface area (Å²) in [6, 6.07) is 16.8. The van der Waals surface area contributed by atoms with Crippen molar-refractivity contribution in [2.75, 3.05) is 25.2 Å². The average molecular weight is 467 g/mol. The second-order valence-electron chi connectivity index (χ2n) is 8.39. The number of methoxy groups -OCH3 is 1. The van der Waals surface area contributed by atoms with Crippen molar-refractivity contribution < 1.29 is 14.3 Å². The summed E-state index contributed by atoms with van der Waals surface area (Å²) in [6.45, 7) is 4.87. The van der Waals surface area contributed by atoms with E-state index in [4.69, 9.17) is 16.3 Å². The van der Waals surface area contributed by atoms with Crippen LogP contribution in [0.5, 0.6) is 0 Å². The molecule has 33 heavy (non-hydrogen) atoms. The normalized spacial score (nSPS) is 17.7. The smallest absolute Gasteiger partial charge is 0.277 e. The van der Waals surface area contributed by atoms with Gasteiger partial charge in [-0.3, -0.25) is 19.2 Å². The molecule has 4 rings (SSSR count). The number of rotatable bonds is 7. The lowest BCUT2D eigenvalue weighted by Gasteiger charge is -2.43. The Morgan fingerprint density at radius 1 is 1.21 bits per heavy atom. The summed E-state index contributed by atoms with van der Waals surface area (Å²) in [5.41, 5.74) is 2.31. The Morgan fingerprint density at radius 2 is 1.97 bits per heavy atom. The fraction of sp³-hybridized carbons (Fsp3) is 0.320. The van der Waals surface area contributed by atoms with Crippen LogP contribution in [0.3, 0.4) is 0 Å². The number of amides is 2. The summed E-state index contributed by atoms with van der Waals surface area (Å²) in [5.74, 6) is -0.528. The maximum Gasteiger partial charge on any atom is 0.277 e. The lowest BCUT2D eigenvalue weighted by molar-refractivity contribution is -0.126. The summed E-state index contributed by atoms with van der Waals surface area (Å²) in [4.78, 5) is 28.9. The first-order valence-corrected chi connectivity index (χ1v) is 11.2. The zero-order valence-electron chi connectivity index (χ0n) is 19.0. The molecular formula is C25H27ClN4O3. The van der Waals surface area contributed by atoms with Crippen LogP contribution in [0.25, 0.3) is 11.3 Å². The van der Waals surface area contributed by atoms with Crippen LogP contribution >= 0.6 is 11.6 Å². The van der Waals surface area contributed by atoms with Crippen LogP contribution in [-0.2, 0) is 16.1 Å². The number of carbonyl (C=O) groups excluding carboxylic acids is 2. The van der Waals surface area contributed by atoms with E-state index in [1.807, 2.05) is 37.3 Å². The molecule has 1 N–H and O–H groups in total. The number of anilines is 1. The summed E-state index contributed by atoms with van der Waals surface area (Å²) in [5, 5.41) is 8.21. The highest BCUT2D eigenvalue weighted by Gasteiger charge is 2.49. The van der Waals surface area contributed by atoms with E-state index in [2.05, 4.69) is 10.4 Å². The minimum atomic E-state index is -1.18. The molecule has 0 radical (unpaired) electrons. The highest BCUT2D eigenvalue weighted by molar-refractivity contribution is 6.30. The number of nitrogens with zero attached hydrogens (tertiary/aromatic N) is 3. The highest BCUT2D eigenvalue weighted by Crippen LogP contribution is 2.36. The number of hydrogen-bond acceptors (Lipinski definition) is 4. The summed E-state index contributed by atoms with van der Waals surface area (Å²) in [7, 11) is 1.62. The number of aromatic nitrogens is 2. The highest BCUT2D eigenvalue weighted by atomic mass is 35.5. The second-order valence-corrected chi connectivity index (χ2v) is 8.82. The number of nitrogens with one attached hydrogen (secondary N) is 1. The van der Waals surface area contributed by atoms with Crippen LogP contribution in [-0.4, -0.2) is 47.4 Å². The van der Waals surface area contributed by atoms with Gasteiger partial charge in [-0.25, -0.2) is 0 Å². The van der Waals surface area contributed by atoms with Crippen LogP contribution in [0.2, 0.25) is 5.02 Å². The van der Waals surface area contributed by atoms with Crippen molar-refractivity contribution in [3.8, 4) is 11.3 Å². The monoisotopic (exact) mass is 466 g/mol. The van der Waals surface area contributed by atoms with Gasteiger partial charge < -0.3 is 10.1 Å². The molecule has 8 heteroatoms. The molecule has 0 bridgehead atoms. The van der Waals surface area contributed by atoms with Crippen LogP contribution in [0, 0.1) is 6.92 Å². The number of ether oxygens (including phenoxy) is 1. The lowest BCUT2D eigenvalue weighted by Crippen LogP contribution is -2.64. The molecule has 2 amide bonds. The van der Waals surface area contributed by atoms with Gasteiger partial charge in [0.15, 0.2) is 0 Å². The Bertz CT molecular complexity index is 1180. The largest absolute Gasteiger partial charge is 0.385 e. The molecule has 0 fully saturated rings. The molecule has 0 saturated carbocycles. The van der Waals surface area contributed by atoms with Crippen LogP contribution in [0.4, 0.5) is 5.69 Å². The first-order chi connectivity index (χ1) is 15.8. The first-order valence-electron chi connectivity index (χ1n) is 10.9. The summed E-state index contributed by atoms with van der Waals surface area (Å²) >= 11 is 6.17. The van der Waals surface area contributed by atoms with E-state index in [0.29, 0.717) is 41.7 Å². The Morgan fingerprint density at radius 3 is 2.67 bits per heavy atom. The van der Waals surface area contributed by atoms with Gasteiger partial charge in [-0.1, -0.05) is 41.9 Å². The van der Waals surface area contributed by atoms with Gasteiger partial charge in [-0.15, -0.1) is 0 Å². The van der Waals surface area contributed by atoms with E-state index in [-0.39, 0.29) is 18.4 Å². The maximum atomic E-state index is 13.8. The molecule has 1 atom stereocenters. The molecule has 2 heterocycles. The van der Waals surface area contributed by atoms with Gasteiger partial charge >= 0.3 is 0 Å². The standard InChI is InChI=1S/C25H27ClN4O3/c1-17-14-19(26)10-11-21(17)30-23(31)22-15-20(18-8-5-4-6-9-18)28-29(22)16-25(30,2)24(32)27-12-7-13-33-3/h4-6,8-11,14-15H,7,12-13,16H2,1-3H3,(H,27,32)/t25-/m0/s1. The van der Waals surface area contributed by atoms with Crippen LogP contribution < -0.4 is 10.2 Å². The van der Waals surface area contributed by atoms with Gasteiger partial charge in [0.05, 0.1) is 12.2 Å². The van der Waals surface area contributed by atoms with Gasteiger partial charge in [-0.2, -0.15) is 5.10 Å². The van der Waals surface area contributed by atoms with E-state index in [9.17, 15) is 9.59 Å². The van der Waals surface area contributed by atoms with E-state index in [0.717, 1.165) is 11.1 Å². The van der Waals surface area contributed by atoms with Crippen LogP contribution in [0.1, 0.15) is 29.4 Å². The molecule has 0 spiro atoms. The molecule has 0 aliphatic carbocycles. The average Bonchev–Trinajstić information content (AvgIpc) is 3.22. The third-order valence-corrected chi connectivity index (χ3v) is 6.16. The SMILES string of the molecule is COCCCNC(=O)[C@]1(C)Cn2nc(-c3ccccc3)cc2C(=O)N1c1ccc(Cl)cc1C. The minimum Gasteiger partial charge on any atom is -0.385 e. The van der Waals surface area contributed by atoms with Gasteiger partial charge in [0, 0.05) is 36.5 Å². The summed E-state index contributed by atoms with van der Waals surface area (Å²) in [6.07, 6.45) is 0.678. The van der Waals surface area contributed by atoms with Crippen LogP contribution in [0.15, 0.2) is 54.6 Å². The predicted octanol–water partition coefficient (Wildman–Crippen LogP) is 4.08. The fourth-order valence-electron chi connectivity index (χ4n) is 4.19. The number of carbonyl (C=O) groups is 2. The molecule has 2 aromatic carbocycles. The van der Waals surface area contributed by atoms with Crippen molar-refractivity contribution in [3.63, 3.8) is 0 Å². The topological polar surface area (TPSA) is 76.5 Å². The zero-order chi connectivity index (χ0) is 23.6. The van der Waals surface area contributed by atoms with E-state index >= 15 is 0 Å². The number of fused-ring (bicyclic) bond motifs is 1. The first kappa shape index (κ1) is 23.0. The van der Waals surface area contributed by atoms with Crippen molar-refractivity contribution in [1.29, 1.82) is 0 Å². The predicted molar refractivity (Wildman–Crippen MR) is 129 cm³/mol. The van der Waals surface area contributed by atoms with Crippen molar-refractivity contribution in [1.82, 2.24) is 15.1 Å². The lowest BCUT2D eigenvalue weighted by atomic mass is 9.93. The van der Waals surface area contributed by atoms with Gasteiger partial charge in [0.25, 0.3) is 5.91 Å². The Kier molecular flexibility index (Phi) is 6.54. The van der Waals surface area contributed by atoms with Crippen molar-refractivity contribution >= 4 is 29.1 Å². The summed E-state index contributed by atoms with van der Waals surface area (Å²) < 4.78 is 6.72. The molecule has 0 saturated heterocycles. The Labute approximate surface area is 198 Å². The third kappa shape index (κ3) is 4.38. The maximum absolute atomic E-state index is 13.8. The molecule has 7 nitrogen and oxygen atoms in total. The fourth-order valence-corrected chi connectivity index (χ4v) is 4.41. The van der Waals surface area contributed by atoms with Gasteiger partial charge in [0.1, 0.15) is 11.2 Å². The van der Waals surface area contributed by atoms with E-state index in [1.165, 1.54) is 0 Å². The number of halogens is 1. The molecule has 1 aliphatic rings. The Hall–Kier alpha value is -3.16. The van der Waals surface area contributed by atoms with Gasteiger partial charge in [-0.05, 0) is 50.1 Å². The van der Waals surface area contributed by atoms with Crippen molar-refractivity contribution in [3.05, 3.63) is 70.9 Å². The minimum absolute atomic E-state index is 0.221. The molecule has 3 aromatic rings. The van der Waals surface area contributed by atoms with E-state index < -0.39 is 5.54 Å². The molecular weight excluding hydrogens is 440 g/mol. The second kappa shape index (κ2) is 9.37. The molecule has 172 valence electrons. The number of aryl methyl sites for hydroxylation is 1. The third-order valence-electron chi connectivity index (χ3n) is 5.92. The van der Waals surface area contributed by atoms with Crippen molar-refractivity contribution in [2.24, 2.45) is 0 Å². The molecule has 1 aliphatic heterocycles. The quantitative estimate of drug-likeness (QED) is 0.532. The van der Waals surface area contributed by atoms with Crippen molar-refractivity contribution in [2.45, 2.75) is 32.4 Å². The Balaban J connectivity index is 1.77. The number of hydrogen-bond donors (Lipinski definition) is 1. The zero-order valence-corrected chi connectivity index (χ0v) is 19.7. The molecule has 1 aromatic heterocycles. The van der Waals surface area contributed by atoms with Gasteiger partial charge in [0.2, 0.25) is 5.91 Å². The number of benzene rings is 2.